The molecular formula is C17H30N2O3. The minimum Gasteiger partial charge on any atom is -0.444 e. The van der Waals surface area contributed by atoms with Gasteiger partial charge in [-0.05, 0) is 52.4 Å². The van der Waals surface area contributed by atoms with Crippen LogP contribution in [0.25, 0.3) is 0 Å². The molecule has 0 unspecified atom stereocenters. The molecule has 2 rings (SSSR count). The number of ether oxygens (including phenoxy) is 1. The predicted octanol–water partition coefficient (Wildman–Crippen LogP) is 3.03. The Labute approximate surface area is 134 Å². The molecule has 5 nitrogen and oxygen atoms in total. The predicted molar refractivity (Wildman–Crippen MR) is 85.6 cm³/mol. The highest BCUT2D eigenvalue weighted by Crippen LogP contribution is 2.25. The van der Waals surface area contributed by atoms with E-state index in [2.05, 4.69) is 6.92 Å². The van der Waals surface area contributed by atoms with E-state index in [-0.39, 0.29) is 18.0 Å². The summed E-state index contributed by atoms with van der Waals surface area (Å²) < 4.78 is 5.44. The molecule has 126 valence electrons. The van der Waals surface area contributed by atoms with Crippen molar-refractivity contribution in [2.45, 2.75) is 71.4 Å². The molecule has 2 amide bonds. The zero-order valence-electron chi connectivity index (χ0n) is 14.4. The first kappa shape index (κ1) is 17.1. The number of amides is 2. The summed E-state index contributed by atoms with van der Waals surface area (Å²) in [5, 5.41) is 0. The Morgan fingerprint density at radius 1 is 1.09 bits per heavy atom. The van der Waals surface area contributed by atoms with Crippen molar-refractivity contribution in [3.05, 3.63) is 0 Å². The van der Waals surface area contributed by atoms with Crippen molar-refractivity contribution in [3.8, 4) is 0 Å². The molecule has 5 heteroatoms. The highest BCUT2D eigenvalue weighted by molar-refractivity contribution is 5.86. The molecule has 0 saturated carbocycles. The maximum atomic E-state index is 12.8. The van der Waals surface area contributed by atoms with E-state index < -0.39 is 5.60 Å². The second-order valence-corrected chi connectivity index (χ2v) is 7.51. The maximum absolute atomic E-state index is 12.8. The van der Waals surface area contributed by atoms with E-state index >= 15 is 0 Å². The van der Waals surface area contributed by atoms with Gasteiger partial charge in [-0.3, -0.25) is 9.69 Å². The van der Waals surface area contributed by atoms with E-state index in [0.717, 1.165) is 44.7 Å². The number of hydrogen-bond acceptors (Lipinski definition) is 3. The highest BCUT2D eigenvalue weighted by atomic mass is 16.6. The lowest BCUT2D eigenvalue weighted by molar-refractivity contribution is -0.137. The SMILES string of the molecule is CCC1CCN(C(=O)[C@@H]2CCCN2C(=O)OC(C)(C)C)CC1. The molecule has 0 bridgehead atoms. The van der Waals surface area contributed by atoms with E-state index in [0.29, 0.717) is 6.54 Å². The lowest BCUT2D eigenvalue weighted by Gasteiger charge is -2.35. The summed E-state index contributed by atoms with van der Waals surface area (Å²) in [6.07, 6.45) is 4.64. The van der Waals surface area contributed by atoms with Crippen LogP contribution in [0.4, 0.5) is 4.79 Å². The van der Waals surface area contributed by atoms with E-state index in [9.17, 15) is 9.59 Å². The maximum Gasteiger partial charge on any atom is 0.410 e. The van der Waals surface area contributed by atoms with Gasteiger partial charge in [0.1, 0.15) is 11.6 Å². The third-order valence-electron chi connectivity index (χ3n) is 4.67. The molecule has 0 radical (unpaired) electrons. The fourth-order valence-electron chi connectivity index (χ4n) is 3.33. The minimum absolute atomic E-state index is 0.109. The molecular weight excluding hydrogens is 280 g/mol. The quantitative estimate of drug-likeness (QED) is 0.787. The van der Waals surface area contributed by atoms with Crippen molar-refractivity contribution in [2.75, 3.05) is 19.6 Å². The summed E-state index contributed by atoms with van der Waals surface area (Å²) in [6, 6.07) is -0.326. The van der Waals surface area contributed by atoms with Crippen molar-refractivity contribution < 1.29 is 14.3 Å². The second-order valence-electron chi connectivity index (χ2n) is 7.51. The van der Waals surface area contributed by atoms with Crippen molar-refractivity contribution >= 4 is 12.0 Å². The van der Waals surface area contributed by atoms with Crippen molar-refractivity contribution in [1.29, 1.82) is 0 Å². The normalized spacial score (nSPS) is 23.7. The summed E-state index contributed by atoms with van der Waals surface area (Å²) in [7, 11) is 0. The largest absolute Gasteiger partial charge is 0.444 e. The zero-order valence-corrected chi connectivity index (χ0v) is 14.4. The molecule has 0 spiro atoms. The number of carbonyl (C=O) groups is 2. The summed E-state index contributed by atoms with van der Waals surface area (Å²) in [4.78, 5) is 28.6. The van der Waals surface area contributed by atoms with Crippen LogP contribution in [0.1, 0.15) is 59.8 Å². The summed E-state index contributed by atoms with van der Waals surface area (Å²) in [5.74, 6) is 0.854. The number of piperidine rings is 1. The number of carbonyl (C=O) groups excluding carboxylic acids is 2. The third-order valence-corrected chi connectivity index (χ3v) is 4.67. The van der Waals surface area contributed by atoms with Gasteiger partial charge in [-0.2, -0.15) is 0 Å². The first-order chi connectivity index (χ1) is 10.3. The van der Waals surface area contributed by atoms with Gasteiger partial charge in [0.05, 0.1) is 0 Å². The summed E-state index contributed by atoms with van der Waals surface area (Å²) >= 11 is 0. The molecule has 0 aromatic heterocycles. The van der Waals surface area contributed by atoms with Crippen LogP contribution >= 0.6 is 0 Å². The Kier molecular flexibility index (Phi) is 5.35. The van der Waals surface area contributed by atoms with Crippen LogP contribution in [0.2, 0.25) is 0 Å². The van der Waals surface area contributed by atoms with Gasteiger partial charge >= 0.3 is 6.09 Å². The Hall–Kier alpha value is -1.26. The van der Waals surface area contributed by atoms with E-state index in [1.54, 1.807) is 4.90 Å². The molecule has 0 aliphatic carbocycles. The molecule has 0 aromatic rings. The average Bonchev–Trinajstić information content (AvgIpc) is 2.94. The second kappa shape index (κ2) is 6.88. The number of rotatable bonds is 2. The number of likely N-dealkylation sites (tertiary alicyclic amines) is 2. The average molecular weight is 310 g/mol. The van der Waals surface area contributed by atoms with E-state index in [4.69, 9.17) is 4.74 Å². The minimum atomic E-state index is -0.521. The van der Waals surface area contributed by atoms with Crippen LogP contribution in [-0.2, 0) is 9.53 Å². The number of nitrogens with zero attached hydrogens (tertiary/aromatic N) is 2. The van der Waals surface area contributed by atoms with Crippen LogP contribution in [0.15, 0.2) is 0 Å². The fraction of sp³-hybridized carbons (Fsp3) is 0.882. The van der Waals surface area contributed by atoms with Gasteiger partial charge in [0.15, 0.2) is 0 Å². The summed E-state index contributed by atoms with van der Waals surface area (Å²) in [6.45, 7) is 10.1. The number of hydrogen-bond donors (Lipinski definition) is 0. The van der Waals surface area contributed by atoms with Gasteiger partial charge in [0.2, 0.25) is 5.91 Å². The van der Waals surface area contributed by atoms with Gasteiger partial charge in [-0.1, -0.05) is 13.3 Å². The molecule has 0 aromatic carbocycles. The van der Waals surface area contributed by atoms with Crippen molar-refractivity contribution in [1.82, 2.24) is 9.80 Å². The van der Waals surface area contributed by atoms with Crippen LogP contribution in [0.5, 0.6) is 0 Å². The van der Waals surface area contributed by atoms with Gasteiger partial charge in [0.25, 0.3) is 0 Å². The Morgan fingerprint density at radius 3 is 2.27 bits per heavy atom. The Bertz CT molecular complexity index is 409. The van der Waals surface area contributed by atoms with Gasteiger partial charge in [0, 0.05) is 19.6 Å². The summed E-state index contributed by atoms with van der Waals surface area (Å²) in [5.41, 5.74) is -0.521. The van der Waals surface area contributed by atoms with Crippen molar-refractivity contribution in [3.63, 3.8) is 0 Å². The van der Waals surface area contributed by atoms with Crippen LogP contribution in [-0.4, -0.2) is 53.1 Å². The van der Waals surface area contributed by atoms with Crippen molar-refractivity contribution in [2.24, 2.45) is 5.92 Å². The van der Waals surface area contributed by atoms with Crippen LogP contribution in [0, 0.1) is 5.92 Å². The Balaban J connectivity index is 1.95. The molecule has 2 heterocycles. The van der Waals surface area contributed by atoms with E-state index in [1.165, 1.54) is 6.42 Å². The van der Waals surface area contributed by atoms with Crippen LogP contribution < -0.4 is 0 Å². The first-order valence-electron chi connectivity index (χ1n) is 8.60. The molecule has 0 N–H and O–H groups in total. The lowest BCUT2D eigenvalue weighted by atomic mass is 9.94. The molecule has 1 atom stereocenters. The third kappa shape index (κ3) is 4.14. The molecule has 2 aliphatic heterocycles. The zero-order chi connectivity index (χ0) is 16.3. The molecule has 2 fully saturated rings. The lowest BCUT2D eigenvalue weighted by Crippen LogP contribution is -2.50. The van der Waals surface area contributed by atoms with Crippen LogP contribution in [0.3, 0.4) is 0 Å². The molecule has 2 saturated heterocycles. The Morgan fingerprint density at radius 2 is 1.73 bits per heavy atom. The standard InChI is InChI=1S/C17H30N2O3/c1-5-13-8-11-18(12-9-13)15(20)14-7-6-10-19(14)16(21)22-17(2,3)4/h13-14H,5-12H2,1-4H3/t14-/m0/s1. The highest BCUT2D eigenvalue weighted by Gasteiger charge is 2.39. The molecule has 22 heavy (non-hydrogen) atoms. The van der Waals surface area contributed by atoms with Gasteiger partial charge < -0.3 is 9.64 Å². The fourth-order valence-corrected chi connectivity index (χ4v) is 3.33. The smallest absolute Gasteiger partial charge is 0.410 e. The van der Waals surface area contributed by atoms with Gasteiger partial charge in [-0.25, -0.2) is 4.79 Å². The van der Waals surface area contributed by atoms with E-state index in [1.807, 2.05) is 25.7 Å². The monoisotopic (exact) mass is 310 g/mol. The topological polar surface area (TPSA) is 49.9 Å². The first-order valence-corrected chi connectivity index (χ1v) is 8.60. The molecule has 2 aliphatic rings. The van der Waals surface area contributed by atoms with Gasteiger partial charge in [-0.15, -0.1) is 0 Å².